The number of halogens is 1. The molecule has 0 rings (SSSR count). The van der Waals surface area contributed by atoms with Gasteiger partial charge in [-0.25, -0.2) is 0 Å². The van der Waals surface area contributed by atoms with E-state index in [1.54, 1.807) is 6.92 Å². The zero-order valence-corrected chi connectivity index (χ0v) is 11.0. The van der Waals surface area contributed by atoms with Gasteiger partial charge < -0.3 is 4.74 Å². The van der Waals surface area contributed by atoms with Crippen LogP contribution in [0.1, 0.15) is 41.0 Å². The number of hydrogen-bond donors (Lipinski definition) is 0. The fourth-order valence-electron chi connectivity index (χ4n) is 1.30. The van der Waals surface area contributed by atoms with E-state index in [1.807, 2.05) is 33.8 Å². The molecule has 0 amide bonds. The smallest absolute Gasteiger partial charge is 0.306 e. The monoisotopic (exact) mass is 232 g/mol. The van der Waals surface area contributed by atoms with E-state index >= 15 is 0 Å². The molecule has 1 atom stereocenters. The largest absolute Gasteiger partial charge is 0.466 e. The Morgan fingerprint density at radius 1 is 1.47 bits per heavy atom. The van der Waals surface area contributed by atoms with Gasteiger partial charge in [0, 0.05) is 10.8 Å². The van der Waals surface area contributed by atoms with Crippen molar-refractivity contribution < 1.29 is 9.53 Å². The lowest BCUT2D eigenvalue weighted by atomic mass is 9.90. The second kappa shape index (κ2) is 6.16. The van der Waals surface area contributed by atoms with Gasteiger partial charge in [0.25, 0.3) is 0 Å². The number of allylic oxidation sites excluding steroid dienone is 2. The first-order valence-corrected chi connectivity index (χ1v) is 5.64. The van der Waals surface area contributed by atoms with Crippen molar-refractivity contribution in [3.63, 3.8) is 0 Å². The van der Waals surface area contributed by atoms with Gasteiger partial charge in [-0.15, -0.1) is 11.6 Å². The van der Waals surface area contributed by atoms with E-state index in [0.29, 0.717) is 13.0 Å². The van der Waals surface area contributed by atoms with Crippen molar-refractivity contribution in [2.75, 3.05) is 6.61 Å². The molecule has 88 valence electrons. The van der Waals surface area contributed by atoms with Gasteiger partial charge in [0.15, 0.2) is 0 Å². The van der Waals surface area contributed by atoms with Gasteiger partial charge in [-0.1, -0.05) is 11.6 Å². The molecule has 0 aliphatic carbocycles. The van der Waals surface area contributed by atoms with Crippen molar-refractivity contribution in [1.82, 2.24) is 0 Å². The molecular weight excluding hydrogens is 212 g/mol. The summed E-state index contributed by atoms with van der Waals surface area (Å²) >= 11 is 6.24. The van der Waals surface area contributed by atoms with Crippen LogP contribution in [0, 0.1) is 5.92 Å². The Morgan fingerprint density at radius 3 is 2.33 bits per heavy atom. The summed E-state index contributed by atoms with van der Waals surface area (Å²) in [5.74, 6) is -0.169. The summed E-state index contributed by atoms with van der Waals surface area (Å²) in [5.41, 5.74) is 1.16. The normalized spacial score (nSPS) is 13.2. The van der Waals surface area contributed by atoms with E-state index < -0.39 is 4.87 Å². The van der Waals surface area contributed by atoms with Crippen LogP contribution >= 0.6 is 11.6 Å². The number of carbonyl (C=O) groups is 1. The van der Waals surface area contributed by atoms with E-state index in [0.717, 1.165) is 5.57 Å². The number of esters is 1. The predicted molar refractivity (Wildman–Crippen MR) is 64.1 cm³/mol. The van der Waals surface area contributed by atoms with E-state index in [2.05, 4.69) is 0 Å². The van der Waals surface area contributed by atoms with Crippen LogP contribution in [0.3, 0.4) is 0 Å². The van der Waals surface area contributed by atoms with Crippen molar-refractivity contribution in [3.8, 4) is 0 Å². The molecule has 1 unspecified atom stereocenters. The standard InChI is InChI=1S/C12H21ClO2/c1-6-15-11(14)8-10(7-9(2)3)12(4,5)13/h7,10H,6,8H2,1-5H3. The Hall–Kier alpha value is -0.500. The Morgan fingerprint density at radius 2 is 2.00 bits per heavy atom. The molecule has 0 saturated carbocycles. The molecule has 0 aromatic heterocycles. The maximum absolute atomic E-state index is 11.4. The van der Waals surface area contributed by atoms with Crippen molar-refractivity contribution in [2.45, 2.75) is 45.9 Å². The molecule has 15 heavy (non-hydrogen) atoms. The van der Waals surface area contributed by atoms with Crippen LogP contribution in [0.4, 0.5) is 0 Å². The maximum Gasteiger partial charge on any atom is 0.306 e. The third-order valence-corrected chi connectivity index (χ3v) is 2.39. The minimum absolute atomic E-state index is 0.0169. The van der Waals surface area contributed by atoms with Crippen LogP contribution in [0.5, 0.6) is 0 Å². The molecule has 0 aliphatic rings. The second-order valence-electron chi connectivity index (χ2n) is 4.42. The van der Waals surface area contributed by atoms with Gasteiger partial charge in [-0.05, 0) is 34.6 Å². The molecule has 0 aromatic rings. The lowest BCUT2D eigenvalue weighted by Crippen LogP contribution is -2.26. The number of carbonyl (C=O) groups excluding carboxylic acids is 1. The summed E-state index contributed by atoms with van der Waals surface area (Å²) < 4.78 is 4.92. The fourth-order valence-corrected chi connectivity index (χ4v) is 1.44. The average Bonchev–Trinajstić information content (AvgIpc) is 2.00. The highest BCUT2D eigenvalue weighted by Crippen LogP contribution is 2.29. The maximum atomic E-state index is 11.4. The van der Waals surface area contributed by atoms with E-state index in [-0.39, 0.29) is 11.9 Å². The number of rotatable bonds is 5. The third-order valence-electron chi connectivity index (χ3n) is 2.11. The number of alkyl halides is 1. The summed E-state index contributed by atoms with van der Waals surface area (Å²) in [5, 5.41) is 0. The van der Waals surface area contributed by atoms with Gasteiger partial charge in [0.05, 0.1) is 13.0 Å². The average molecular weight is 233 g/mol. The third kappa shape index (κ3) is 6.56. The Kier molecular flexibility index (Phi) is 5.96. The van der Waals surface area contributed by atoms with Gasteiger partial charge in [0.2, 0.25) is 0 Å². The first-order chi connectivity index (χ1) is 6.77. The molecule has 0 bridgehead atoms. The highest BCUT2D eigenvalue weighted by molar-refractivity contribution is 6.23. The van der Waals surface area contributed by atoms with Gasteiger partial charge in [-0.3, -0.25) is 4.79 Å². The molecule has 0 fully saturated rings. The van der Waals surface area contributed by atoms with Crippen molar-refractivity contribution in [1.29, 1.82) is 0 Å². The zero-order chi connectivity index (χ0) is 12.1. The quantitative estimate of drug-likeness (QED) is 0.412. The van der Waals surface area contributed by atoms with Crippen LogP contribution in [0.15, 0.2) is 11.6 Å². The topological polar surface area (TPSA) is 26.3 Å². The van der Waals surface area contributed by atoms with Crippen LogP contribution in [0.2, 0.25) is 0 Å². The molecule has 3 heteroatoms. The Labute approximate surface area is 97.6 Å². The Bertz CT molecular complexity index is 234. The van der Waals surface area contributed by atoms with Gasteiger partial charge >= 0.3 is 5.97 Å². The minimum atomic E-state index is -0.427. The van der Waals surface area contributed by atoms with Gasteiger partial charge in [0.1, 0.15) is 0 Å². The Balaban J connectivity index is 4.53. The SMILES string of the molecule is CCOC(=O)CC(C=C(C)C)C(C)(C)Cl. The number of hydrogen-bond acceptors (Lipinski definition) is 2. The lowest BCUT2D eigenvalue weighted by Gasteiger charge is -2.25. The molecule has 0 N–H and O–H groups in total. The highest BCUT2D eigenvalue weighted by atomic mass is 35.5. The van der Waals surface area contributed by atoms with Crippen LogP contribution < -0.4 is 0 Å². The molecule has 2 nitrogen and oxygen atoms in total. The minimum Gasteiger partial charge on any atom is -0.466 e. The summed E-state index contributed by atoms with van der Waals surface area (Å²) in [6, 6.07) is 0. The first-order valence-electron chi connectivity index (χ1n) is 5.27. The van der Waals surface area contributed by atoms with Crippen LogP contribution in [0.25, 0.3) is 0 Å². The molecule has 0 saturated heterocycles. The van der Waals surface area contributed by atoms with Gasteiger partial charge in [-0.2, -0.15) is 0 Å². The van der Waals surface area contributed by atoms with E-state index in [4.69, 9.17) is 16.3 Å². The fraction of sp³-hybridized carbons (Fsp3) is 0.750. The molecule has 0 heterocycles. The number of ether oxygens (including phenoxy) is 1. The second-order valence-corrected chi connectivity index (χ2v) is 5.40. The molecule has 0 aliphatic heterocycles. The summed E-state index contributed by atoms with van der Waals surface area (Å²) in [6.45, 7) is 10.1. The molecular formula is C12H21ClO2. The zero-order valence-electron chi connectivity index (χ0n) is 10.3. The van der Waals surface area contributed by atoms with Crippen molar-refractivity contribution in [3.05, 3.63) is 11.6 Å². The van der Waals surface area contributed by atoms with Crippen LogP contribution in [-0.4, -0.2) is 17.5 Å². The molecule has 0 spiro atoms. The van der Waals surface area contributed by atoms with Crippen LogP contribution in [-0.2, 0) is 9.53 Å². The van der Waals surface area contributed by atoms with E-state index in [9.17, 15) is 4.79 Å². The highest BCUT2D eigenvalue weighted by Gasteiger charge is 2.27. The predicted octanol–water partition coefficient (Wildman–Crippen LogP) is 3.54. The summed E-state index contributed by atoms with van der Waals surface area (Å²) in [6.07, 6.45) is 2.37. The summed E-state index contributed by atoms with van der Waals surface area (Å²) in [4.78, 5) is 10.9. The summed E-state index contributed by atoms with van der Waals surface area (Å²) in [7, 11) is 0. The van der Waals surface area contributed by atoms with Crippen molar-refractivity contribution >= 4 is 17.6 Å². The molecule has 0 aromatic carbocycles. The molecule has 0 radical (unpaired) electrons. The first kappa shape index (κ1) is 14.5. The van der Waals surface area contributed by atoms with E-state index in [1.165, 1.54) is 0 Å². The lowest BCUT2D eigenvalue weighted by molar-refractivity contribution is -0.144. The van der Waals surface area contributed by atoms with Crippen molar-refractivity contribution in [2.24, 2.45) is 5.92 Å².